The van der Waals surface area contributed by atoms with Crippen molar-refractivity contribution in [3.8, 4) is 5.75 Å². The topological polar surface area (TPSA) is 66.8 Å². The van der Waals surface area contributed by atoms with Crippen molar-refractivity contribution in [1.82, 2.24) is 4.90 Å². The largest absolute Gasteiger partial charge is 0.503 e. The summed E-state index contributed by atoms with van der Waals surface area (Å²) in [4.78, 5) is 27.9. The number of benzene rings is 3. The number of carbonyl (C=O) groups excluding carboxylic acids is 2. The van der Waals surface area contributed by atoms with Crippen molar-refractivity contribution in [3.05, 3.63) is 132 Å². The number of carbonyl (C=O) groups is 2. The van der Waals surface area contributed by atoms with Gasteiger partial charge in [-0.2, -0.15) is 0 Å². The molecule has 0 spiro atoms. The Morgan fingerprint density at radius 1 is 0.971 bits per heavy atom. The third-order valence-corrected chi connectivity index (χ3v) is 5.84. The lowest BCUT2D eigenvalue weighted by Crippen LogP contribution is -2.33. The molecule has 176 valence electrons. The van der Waals surface area contributed by atoms with E-state index in [2.05, 4.69) is 6.58 Å². The molecule has 1 unspecified atom stereocenters. The summed E-state index contributed by atoms with van der Waals surface area (Å²) in [6, 6.07) is 25.7. The first-order chi connectivity index (χ1) is 17.1. The van der Waals surface area contributed by atoms with Gasteiger partial charge < -0.3 is 14.7 Å². The average molecular weight is 466 g/mol. The van der Waals surface area contributed by atoms with Crippen LogP contribution in [0.15, 0.2) is 115 Å². The van der Waals surface area contributed by atoms with Crippen molar-refractivity contribution in [2.75, 3.05) is 13.2 Å². The monoisotopic (exact) mass is 465 g/mol. The molecule has 4 rings (SSSR count). The van der Waals surface area contributed by atoms with Gasteiger partial charge in [-0.1, -0.05) is 91.5 Å². The van der Waals surface area contributed by atoms with Crippen molar-refractivity contribution in [2.45, 2.75) is 12.5 Å². The lowest BCUT2D eigenvalue weighted by Gasteiger charge is -2.27. The first-order valence-corrected chi connectivity index (χ1v) is 11.5. The van der Waals surface area contributed by atoms with Crippen molar-refractivity contribution in [3.63, 3.8) is 0 Å². The van der Waals surface area contributed by atoms with E-state index in [0.717, 1.165) is 16.7 Å². The zero-order valence-corrected chi connectivity index (χ0v) is 19.3. The molecule has 1 amide bonds. The highest BCUT2D eigenvalue weighted by Crippen LogP contribution is 2.38. The minimum Gasteiger partial charge on any atom is -0.503 e. The van der Waals surface area contributed by atoms with Gasteiger partial charge in [0, 0.05) is 6.54 Å². The Hall–Kier alpha value is -4.38. The molecule has 3 aromatic carbocycles. The molecule has 35 heavy (non-hydrogen) atoms. The van der Waals surface area contributed by atoms with E-state index in [9.17, 15) is 14.7 Å². The summed E-state index contributed by atoms with van der Waals surface area (Å²) >= 11 is 0. The van der Waals surface area contributed by atoms with Crippen LogP contribution in [-0.4, -0.2) is 34.8 Å². The number of rotatable bonds is 10. The van der Waals surface area contributed by atoms with Gasteiger partial charge in [-0.05, 0) is 41.3 Å². The predicted octanol–water partition coefficient (Wildman–Crippen LogP) is 5.47. The molecular weight excluding hydrogens is 438 g/mol. The smallest absolute Gasteiger partial charge is 0.290 e. The fourth-order valence-corrected chi connectivity index (χ4v) is 4.10. The third-order valence-electron chi connectivity index (χ3n) is 5.84. The van der Waals surface area contributed by atoms with Crippen LogP contribution in [0.2, 0.25) is 0 Å². The maximum Gasteiger partial charge on any atom is 0.290 e. The van der Waals surface area contributed by atoms with Crippen LogP contribution in [0, 0.1) is 0 Å². The van der Waals surface area contributed by atoms with Crippen molar-refractivity contribution >= 4 is 17.8 Å². The minimum atomic E-state index is -0.701. The Morgan fingerprint density at radius 3 is 2.29 bits per heavy atom. The normalized spacial score (nSPS) is 15.6. The van der Waals surface area contributed by atoms with Crippen LogP contribution in [-0.2, 0) is 16.0 Å². The number of ether oxygens (including phenoxy) is 1. The Labute approximate surface area is 205 Å². The summed E-state index contributed by atoms with van der Waals surface area (Å²) in [6.07, 6.45) is 5.34. The van der Waals surface area contributed by atoms with Crippen LogP contribution in [0.3, 0.4) is 0 Å². The molecule has 0 aliphatic carbocycles. The zero-order valence-electron chi connectivity index (χ0n) is 19.3. The Morgan fingerprint density at radius 2 is 1.63 bits per heavy atom. The van der Waals surface area contributed by atoms with E-state index in [1.807, 2.05) is 72.8 Å². The molecule has 0 aromatic heterocycles. The number of ketones is 1. The average Bonchev–Trinajstić information content (AvgIpc) is 3.16. The standard InChI is InChI=1S/C30H27NO4/c1-2-21-35-25-16-14-24(15-17-25)28-27(26(32)18-13-22-9-5-3-6-10-22)29(33)30(34)31(28)20-19-23-11-7-4-8-12-23/h2-18,28,33H,1,19-21H2/b18-13+. The first kappa shape index (κ1) is 23.8. The number of aliphatic hydroxyl groups is 1. The van der Waals surface area contributed by atoms with Crippen molar-refractivity contribution in [1.29, 1.82) is 0 Å². The summed E-state index contributed by atoms with van der Waals surface area (Å²) in [5.41, 5.74) is 2.72. The second-order valence-corrected chi connectivity index (χ2v) is 8.18. The lowest BCUT2D eigenvalue weighted by atomic mass is 9.95. The van der Waals surface area contributed by atoms with E-state index in [0.29, 0.717) is 25.3 Å². The number of amides is 1. The Kier molecular flexibility index (Phi) is 7.58. The summed E-state index contributed by atoms with van der Waals surface area (Å²) in [5, 5.41) is 10.8. The molecule has 0 saturated heterocycles. The second kappa shape index (κ2) is 11.2. The van der Waals surface area contributed by atoms with Gasteiger partial charge in [0.2, 0.25) is 0 Å². The maximum absolute atomic E-state index is 13.3. The molecule has 1 aliphatic heterocycles. The molecule has 0 bridgehead atoms. The molecule has 3 aromatic rings. The molecule has 1 heterocycles. The molecule has 0 fully saturated rings. The Bertz CT molecular complexity index is 1240. The quantitative estimate of drug-likeness (QED) is 0.318. The number of allylic oxidation sites excluding steroid dienone is 1. The van der Waals surface area contributed by atoms with Crippen LogP contribution in [0.5, 0.6) is 5.75 Å². The van der Waals surface area contributed by atoms with Gasteiger partial charge in [0.1, 0.15) is 12.4 Å². The van der Waals surface area contributed by atoms with Gasteiger partial charge >= 0.3 is 0 Å². The summed E-state index contributed by atoms with van der Waals surface area (Å²) in [6.45, 7) is 4.38. The van der Waals surface area contributed by atoms with Crippen molar-refractivity contribution < 1.29 is 19.4 Å². The molecule has 1 aliphatic rings. The highest BCUT2D eigenvalue weighted by atomic mass is 16.5. The molecule has 1 atom stereocenters. The van der Waals surface area contributed by atoms with Gasteiger partial charge in [0.25, 0.3) is 5.91 Å². The fourth-order valence-electron chi connectivity index (χ4n) is 4.10. The number of hydrogen-bond donors (Lipinski definition) is 1. The zero-order chi connectivity index (χ0) is 24.6. The lowest BCUT2D eigenvalue weighted by molar-refractivity contribution is -0.129. The minimum absolute atomic E-state index is 0.0787. The molecule has 5 heteroatoms. The van der Waals surface area contributed by atoms with Gasteiger partial charge in [-0.3, -0.25) is 9.59 Å². The van der Waals surface area contributed by atoms with Gasteiger partial charge in [0.05, 0.1) is 11.6 Å². The van der Waals surface area contributed by atoms with Crippen LogP contribution in [0.25, 0.3) is 6.08 Å². The van der Waals surface area contributed by atoms with E-state index in [1.165, 1.54) is 6.08 Å². The first-order valence-electron chi connectivity index (χ1n) is 11.5. The van der Waals surface area contributed by atoms with Crippen LogP contribution in [0.1, 0.15) is 22.7 Å². The SMILES string of the molecule is C=CCOc1ccc(C2C(C(=O)/C=C/c3ccccc3)=C(O)C(=O)N2CCc2ccccc2)cc1. The van der Waals surface area contributed by atoms with Gasteiger partial charge in [-0.15, -0.1) is 0 Å². The summed E-state index contributed by atoms with van der Waals surface area (Å²) in [7, 11) is 0. The van der Waals surface area contributed by atoms with Crippen LogP contribution < -0.4 is 4.74 Å². The second-order valence-electron chi connectivity index (χ2n) is 8.18. The number of aliphatic hydroxyl groups excluding tert-OH is 1. The van der Waals surface area contributed by atoms with E-state index < -0.39 is 23.5 Å². The molecule has 1 N–H and O–H groups in total. The molecular formula is C30H27NO4. The maximum atomic E-state index is 13.3. The number of nitrogens with zero attached hydrogens (tertiary/aromatic N) is 1. The van der Waals surface area contributed by atoms with Crippen LogP contribution in [0.4, 0.5) is 0 Å². The summed E-state index contributed by atoms with van der Waals surface area (Å²) in [5.74, 6) is -0.801. The highest BCUT2D eigenvalue weighted by Gasteiger charge is 2.42. The van der Waals surface area contributed by atoms with Gasteiger partial charge in [0.15, 0.2) is 11.5 Å². The molecule has 0 radical (unpaired) electrons. The Balaban J connectivity index is 1.65. The van der Waals surface area contributed by atoms with E-state index in [1.54, 1.807) is 29.2 Å². The number of hydrogen-bond acceptors (Lipinski definition) is 4. The molecule has 5 nitrogen and oxygen atoms in total. The van der Waals surface area contributed by atoms with Gasteiger partial charge in [-0.25, -0.2) is 0 Å². The summed E-state index contributed by atoms with van der Waals surface area (Å²) < 4.78 is 5.57. The highest BCUT2D eigenvalue weighted by molar-refractivity contribution is 6.14. The van der Waals surface area contributed by atoms with E-state index in [4.69, 9.17) is 4.74 Å². The predicted molar refractivity (Wildman–Crippen MR) is 137 cm³/mol. The van der Waals surface area contributed by atoms with Crippen LogP contribution >= 0.6 is 0 Å². The third kappa shape index (κ3) is 5.58. The van der Waals surface area contributed by atoms with Crippen molar-refractivity contribution in [2.24, 2.45) is 0 Å². The molecule has 0 saturated carbocycles. The fraction of sp³-hybridized carbons (Fsp3) is 0.133. The van der Waals surface area contributed by atoms with E-state index in [-0.39, 0.29) is 5.57 Å². The van der Waals surface area contributed by atoms with E-state index >= 15 is 0 Å².